The van der Waals surface area contributed by atoms with Gasteiger partial charge in [-0.15, -0.1) is 11.8 Å². The van der Waals surface area contributed by atoms with Crippen molar-refractivity contribution in [2.75, 3.05) is 0 Å². The first-order valence-corrected chi connectivity index (χ1v) is 6.16. The van der Waals surface area contributed by atoms with Gasteiger partial charge in [0.25, 0.3) is 0 Å². The van der Waals surface area contributed by atoms with Crippen molar-refractivity contribution < 1.29 is 4.42 Å². The predicted octanol–water partition coefficient (Wildman–Crippen LogP) is 3.44. The van der Waals surface area contributed by atoms with Gasteiger partial charge in [0.05, 0.1) is 6.26 Å². The number of hydrogen-bond donors (Lipinski definition) is 1. The lowest BCUT2D eigenvalue weighted by atomic mass is 9.88. The highest BCUT2D eigenvalue weighted by Crippen LogP contribution is 2.38. The molecule has 0 spiro atoms. The number of thioether (sulfide) groups is 1. The van der Waals surface area contributed by atoms with Crippen LogP contribution in [0.15, 0.2) is 21.6 Å². The molecule has 0 saturated heterocycles. The lowest BCUT2D eigenvalue weighted by molar-refractivity contribution is 0.363. The summed E-state index contributed by atoms with van der Waals surface area (Å²) in [5.41, 5.74) is 6.23. The van der Waals surface area contributed by atoms with Crippen molar-refractivity contribution in [3.8, 4) is 0 Å². The van der Waals surface area contributed by atoms with Gasteiger partial charge >= 0.3 is 0 Å². The van der Waals surface area contributed by atoms with Crippen LogP contribution in [0, 0.1) is 12.3 Å². The maximum atomic E-state index is 6.04. The fourth-order valence-corrected chi connectivity index (χ4v) is 2.90. The van der Waals surface area contributed by atoms with E-state index < -0.39 is 0 Å². The van der Waals surface area contributed by atoms with Gasteiger partial charge in [0.2, 0.25) is 0 Å². The predicted molar refractivity (Wildman–Crippen MR) is 66.2 cm³/mol. The van der Waals surface area contributed by atoms with Crippen LogP contribution in [-0.4, -0.2) is 11.3 Å². The molecule has 0 aliphatic rings. The van der Waals surface area contributed by atoms with Crippen molar-refractivity contribution in [1.82, 2.24) is 0 Å². The Morgan fingerprint density at radius 1 is 1.40 bits per heavy atom. The molecular weight excluding hydrogens is 206 g/mol. The Balaban J connectivity index is 2.81. The highest BCUT2D eigenvalue weighted by molar-refractivity contribution is 8.00. The number of rotatable bonds is 3. The summed E-state index contributed by atoms with van der Waals surface area (Å²) in [6.45, 7) is 10.7. The van der Waals surface area contributed by atoms with Crippen LogP contribution in [-0.2, 0) is 0 Å². The van der Waals surface area contributed by atoms with Gasteiger partial charge in [-0.2, -0.15) is 0 Å². The summed E-state index contributed by atoms with van der Waals surface area (Å²) in [7, 11) is 0. The van der Waals surface area contributed by atoms with Crippen LogP contribution < -0.4 is 5.73 Å². The molecule has 2 atom stereocenters. The third kappa shape index (κ3) is 3.28. The van der Waals surface area contributed by atoms with E-state index in [1.165, 1.54) is 4.90 Å². The van der Waals surface area contributed by atoms with Gasteiger partial charge in [-0.3, -0.25) is 0 Å². The van der Waals surface area contributed by atoms with Crippen molar-refractivity contribution in [3.05, 3.63) is 18.1 Å². The average Bonchev–Trinajstić information content (AvgIpc) is 2.44. The number of nitrogens with two attached hydrogens (primary N) is 1. The smallest absolute Gasteiger partial charge is 0.114 e. The van der Waals surface area contributed by atoms with E-state index in [0.717, 1.165) is 5.76 Å². The molecule has 0 radical (unpaired) electrons. The molecular formula is C12H21NOS. The van der Waals surface area contributed by atoms with Crippen molar-refractivity contribution in [2.45, 2.75) is 50.8 Å². The second-order valence-corrected chi connectivity index (χ2v) is 6.29. The van der Waals surface area contributed by atoms with Gasteiger partial charge in [-0.05, 0) is 25.3 Å². The number of furan rings is 1. The summed E-state index contributed by atoms with van der Waals surface area (Å²) in [5.74, 6) is 0.981. The Bertz CT molecular complexity index is 312. The monoisotopic (exact) mass is 227 g/mol. The summed E-state index contributed by atoms with van der Waals surface area (Å²) in [4.78, 5) is 1.20. The van der Waals surface area contributed by atoms with Gasteiger partial charge in [0.15, 0.2) is 0 Å². The van der Waals surface area contributed by atoms with Crippen LogP contribution in [0.25, 0.3) is 0 Å². The third-order valence-corrected chi connectivity index (χ3v) is 4.46. The molecule has 1 rings (SSSR count). The Morgan fingerprint density at radius 3 is 2.33 bits per heavy atom. The first-order chi connectivity index (χ1) is 6.82. The molecule has 3 heteroatoms. The topological polar surface area (TPSA) is 39.2 Å². The zero-order chi connectivity index (χ0) is 11.6. The first kappa shape index (κ1) is 12.7. The minimum absolute atomic E-state index is 0.171. The zero-order valence-electron chi connectivity index (χ0n) is 10.2. The van der Waals surface area contributed by atoms with Crippen LogP contribution in [0.1, 0.15) is 33.5 Å². The van der Waals surface area contributed by atoms with Crippen molar-refractivity contribution in [3.63, 3.8) is 0 Å². The molecule has 1 aromatic rings. The van der Waals surface area contributed by atoms with E-state index in [1.807, 2.05) is 24.8 Å². The summed E-state index contributed by atoms with van der Waals surface area (Å²) in [6, 6.07) is 2.19. The molecule has 1 heterocycles. The van der Waals surface area contributed by atoms with Crippen LogP contribution in [0.4, 0.5) is 0 Å². The Labute approximate surface area is 96.6 Å². The Kier molecular flexibility index (Phi) is 3.90. The number of hydrogen-bond acceptors (Lipinski definition) is 3. The van der Waals surface area contributed by atoms with E-state index >= 15 is 0 Å². The van der Waals surface area contributed by atoms with E-state index in [4.69, 9.17) is 10.2 Å². The standard InChI is InChI=1S/C12H21NOS/c1-8(13)11(12(3,4)5)15-10-6-7-14-9(10)2/h6-8,11H,13H2,1-5H3. The molecule has 15 heavy (non-hydrogen) atoms. The maximum absolute atomic E-state index is 6.04. The molecule has 0 aromatic carbocycles. The Morgan fingerprint density at radius 2 is 2.00 bits per heavy atom. The highest BCUT2D eigenvalue weighted by Gasteiger charge is 2.29. The van der Waals surface area contributed by atoms with Gasteiger partial charge < -0.3 is 10.2 Å². The molecule has 0 aliphatic heterocycles. The minimum Gasteiger partial charge on any atom is -0.468 e. The quantitative estimate of drug-likeness (QED) is 0.804. The molecule has 0 bridgehead atoms. The van der Waals surface area contributed by atoms with E-state index in [1.54, 1.807) is 6.26 Å². The van der Waals surface area contributed by atoms with E-state index in [9.17, 15) is 0 Å². The molecule has 0 saturated carbocycles. The second-order valence-electron chi connectivity index (χ2n) is 5.10. The van der Waals surface area contributed by atoms with Crippen LogP contribution >= 0.6 is 11.8 Å². The largest absolute Gasteiger partial charge is 0.468 e. The van der Waals surface area contributed by atoms with E-state index in [2.05, 4.69) is 27.7 Å². The fraction of sp³-hybridized carbons (Fsp3) is 0.667. The molecule has 0 amide bonds. The molecule has 2 nitrogen and oxygen atoms in total. The normalized spacial score (nSPS) is 16.4. The van der Waals surface area contributed by atoms with Crippen molar-refractivity contribution in [1.29, 1.82) is 0 Å². The van der Waals surface area contributed by atoms with Gasteiger partial charge in [-0.1, -0.05) is 20.8 Å². The van der Waals surface area contributed by atoms with E-state index in [-0.39, 0.29) is 11.5 Å². The van der Waals surface area contributed by atoms with Gasteiger partial charge in [0, 0.05) is 16.2 Å². The molecule has 2 N–H and O–H groups in total. The van der Waals surface area contributed by atoms with Crippen LogP contribution in [0.3, 0.4) is 0 Å². The van der Waals surface area contributed by atoms with E-state index in [0.29, 0.717) is 5.25 Å². The zero-order valence-corrected chi connectivity index (χ0v) is 11.0. The molecule has 0 aliphatic carbocycles. The summed E-state index contributed by atoms with van der Waals surface area (Å²) in [5, 5.41) is 0.397. The highest BCUT2D eigenvalue weighted by atomic mass is 32.2. The van der Waals surface area contributed by atoms with Crippen LogP contribution in [0.5, 0.6) is 0 Å². The molecule has 86 valence electrons. The van der Waals surface area contributed by atoms with Crippen molar-refractivity contribution >= 4 is 11.8 Å². The first-order valence-electron chi connectivity index (χ1n) is 5.28. The second kappa shape index (κ2) is 4.62. The van der Waals surface area contributed by atoms with Crippen LogP contribution in [0.2, 0.25) is 0 Å². The lowest BCUT2D eigenvalue weighted by Crippen LogP contribution is -2.38. The molecule has 0 fully saturated rings. The van der Waals surface area contributed by atoms with Gasteiger partial charge in [-0.25, -0.2) is 0 Å². The number of aryl methyl sites for hydroxylation is 1. The summed E-state index contributed by atoms with van der Waals surface area (Å²) < 4.78 is 5.30. The minimum atomic E-state index is 0.171. The lowest BCUT2D eigenvalue weighted by Gasteiger charge is -2.32. The molecule has 2 unspecified atom stereocenters. The average molecular weight is 227 g/mol. The maximum Gasteiger partial charge on any atom is 0.114 e. The SMILES string of the molecule is Cc1occc1SC(C(C)N)C(C)(C)C. The summed E-state index contributed by atoms with van der Waals surface area (Å²) in [6.07, 6.45) is 1.73. The fourth-order valence-electron chi connectivity index (χ4n) is 1.71. The van der Waals surface area contributed by atoms with Crippen molar-refractivity contribution in [2.24, 2.45) is 11.1 Å². The molecule has 1 aromatic heterocycles. The third-order valence-electron chi connectivity index (χ3n) is 2.40. The summed E-state index contributed by atoms with van der Waals surface area (Å²) >= 11 is 1.82. The van der Waals surface area contributed by atoms with Gasteiger partial charge in [0.1, 0.15) is 5.76 Å². The Hall–Kier alpha value is -0.410.